The molecule has 25 heavy (non-hydrogen) atoms. The zero-order valence-electron chi connectivity index (χ0n) is 13.4. The number of H-pyrrole nitrogens is 1. The van der Waals surface area contributed by atoms with Gasteiger partial charge in [0.15, 0.2) is 0 Å². The number of aromatic amines is 1. The summed E-state index contributed by atoms with van der Waals surface area (Å²) in [5.74, 6) is 1.28. The number of anilines is 1. The van der Waals surface area contributed by atoms with Crippen molar-refractivity contribution in [3.05, 3.63) is 78.1 Å². The van der Waals surface area contributed by atoms with Gasteiger partial charge < -0.3 is 15.5 Å². The highest BCUT2D eigenvalue weighted by molar-refractivity contribution is 5.82. The van der Waals surface area contributed by atoms with Gasteiger partial charge in [0.25, 0.3) is 0 Å². The molecule has 5 heteroatoms. The van der Waals surface area contributed by atoms with E-state index in [9.17, 15) is 4.39 Å². The zero-order chi connectivity index (χ0) is 17.2. The molecule has 0 aliphatic rings. The summed E-state index contributed by atoms with van der Waals surface area (Å²) in [4.78, 5) is 7.84. The van der Waals surface area contributed by atoms with Gasteiger partial charge in [-0.3, -0.25) is 0 Å². The standard InChI is InChI=1S/C20H16FN3O/c21-15-5-1-13(2-6-15)12-25-17-8-3-14(4-9-17)20-23-18-10-7-16(22)11-19(18)24-20/h1-11H,12,22H2,(H,23,24). The maximum atomic E-state index is 12.9. The molecular formula is C20H16FN3O. The molecule has 0 unspecified atom stereocenters. The Labute approximate surface area is 144 Å². The molecule has 0 radical (unpaired) electrons. The quantitative estimate of drug-likeness (QED) is 0.539. The van der Waals surface area contributed by atoms with E-state index in [0.29, 0.717) is 12.3 Å². The molecule has 0 saturated carbocycles. The molecule has 0 bridgehead atoms. The van der Waals surface area contributed by atoms with Crippen LogP contribution in [0.3, 0.4) is 0 Å². The minimum atomic E-state index is -0.249. The number of hydrogen-bond donors (Lipinski definition) is 2. The smallest absolute Gasteiger partial charge is 0.138 e. The number of nitrogen functional groups attached to an aromatic ring is 1. The van der Waals surface area contributed by atoms with Crippen LogP contribution in [0.2, 0.25) is 0 Å². The first-order chi connectivity index (χ1) is 12.2. The van der Waals surface area contributed by atoms with Gasteiger partial charge in [-0.15, -0.1) is 0 Å². The van der Waals surface area contributed by atoms with E-state index in [1.807, 2.05) is 42.5 Å². The first-order valence-electron chi connectivity index (χ1n) is 7.90. The average molecular weight is 333 g/mol. The predicted octanol–water partition coefficient (Wildman–Crippen LogP) is 4.53. The number of benzene rings is 3. The van der Waals surface area contributed by atoms with Gasteiger partial charge in [-0.1, -0.05) is 12.1 Å². The molecule has 3 aromatic carbocycles. The van der Waals surface area contributed by atoms with Crippen molar-refractivity contribution in [2.24, 2.45) is 0 Å². The van der Waals surface area contributed by atoms with Gasteiger partial charge in [0.05, 0.1) is 11.0 Å². The highest BCUT2D eigenvalue weighted by Crippen LogP contribution is 2.24. The molecular weight excluding hydrogens is 317 g/mol. The molecule has 0 atom stereocenters. The van der Waals surface area contributed by atoms with E-state index < -0.39 is 0 Å². The topological polar surface area (TPSA) is 63.9 Å². The van der Waals surface area contributed by atoms with Crippen LogP contribution in [-0.2, 0) is 6.61 Å². The number of nitrogens with zero attached hydrogens (tertiary/aromatic N) is 1. The third-order valence-electron chi connectivity index (χ3n) is 3.95. The molecule has 4 rings (SSSR count). The summed E-state index contributed by atoms with van der Waals surface area (Å²) in [7, 11) is 0. The third-order valence-corrected chi connectivity index (χ3v) is 3.95. The molecule has 3 N–H and O–H groups in total. The van der Waals surface area contributed by atoms with E-state index in [4.69, 9.17) is 10.5 Å². The lowest BCUT2D eigenvalue weighted by Gasteiger charge is -2.07. The van der Waals surface area contributed by atoms with Crippen LogP contribution in [0.1, 0.15) is 5.56 Å². The molecule has 4 nitrogen and oxygen atoms in total. The monoisotopic (exact) mass is 333 g/mol. The molecule has 124 valence electrons. The van der Waals surface area contributed by atoms with Crippen molar-refractivity contribution >= 4 is 16.7 Å². The van der Waals surface area contributed by atoms with E-state index in [1.165, 1.54) is 12.1 Å². The van der Waals surface area contributed by atoms with Gasteiger partial charge in [0.2, 0.25) is 0 Å². The fourth-order valence-electron chi connectivity index (χ4n) is 2.62. The van der Waals surface area contributed by atoms with Crippen LogP contribution in [0.15, 0.2) is 66.7 Å². The van der Waals surface area contributed by atoms with Gasteiger partial charge in [-0.05, 0) is 60.2 Å². The van der Waals surface area contributed by atoms with Gasteiger partial charge in [0, 0.05) is 11.3 Å². The maximum Gasteiger partial charge on any atom is 0.138 e. The minimum absolute atomic E-state index is 0.249. The lowest BCUT2D eigenvalue weighted by atomic mass is 10.2. The van der Waals surface area contributed by atoms with E-state index in [2.05, 4.69) is 9.97 Å². The van der Waals surface area contributed by atoms with Crippen LogP contribution in [0, 0.1) is 5.82 Å². The van der Waals surface area contributed by atoms with Crippen molar-refractivity contribution in [2.75, 3.05) is 5.73 Å². The maximum absolute atomic E-state index is 12.9. The van der Waals surface area contributed by atoms with E-state index in [-0.39, 0.29) is 5.82 Å². The van der Waals surface area contributed by atoms with Crippen molar-refractivity contribution in [2.45, 2.75) is 6.61 Å². The largest absolute Gasteiger partial charge is 0.489 e. The molecule has 1 aromatic heterocycles. The Balaban J connectivity index is 1.49. The van der Waals surface area contributed by atoms with Gasteiger partial charge in [-0.25, -0.2) is 9.37 Å². The minimum Gasteiger partial charge on any atom is -0.489 e. The molecule has 1 heterocycles. The van der Waals surface area contributed by atoms with Crippen LogP contribution in [-0.4, -0.2) is 9.97 Å². The number of rotatable bonds is 4. The third kappa shape index (κ3) is 3.30. The first kappa shape index (κ1) is 15.2. The van der Waals surface area contributed by atoms with Crippen LogP contribution in [0.5, 0.6) is 5.75 Å². The van der Waals surface area contributed by atoms with Crippen LogP contribution < -0.4 is 10.5 Å². The second-order valence-electron chi connectivity index (χ2n) is 5.80. The fraction of sp³-hybridized carbons (Fsp3) is 0.0500. The highest BCUT2D eigenvalue weighted by atomic mass is 19.1. The molecule has 0 fully saturated rings. The summed E-state index contributed by atoms with van der Waals surface area (Å²) in [5.41, 5.74) is 10.2. The summed E-state index contributed by atoms with van der Waals surface area (Å²) < 4.78 is 18.6. The summed E-state index contributed by atoms with van der Waals surface area (Å²) in [5, 5.41) is 0. The molecule has 0 aliphatic carbocycles. The molecule has 4 aromatic rings. The Morgan fingerprint density at radius 1 is 0.960 bits per heavy atom. The fourth-order valence-corrected chi connectivity index (χ4v) is 2.62. The summed E-state index contributed by atoms with van der Waals surface area (Å²) in [6, 6.07) is 19.5. The first-order valence-corrected chi connectivity index (χ1v) is 7.90. The Kier molecular flexibility index (Phi) is 3.82. The van der Waals surface area contributed by atoms with Crippen molar-refractivity contribution in [3.8, 4) is 17.1 Å². The Morgan fingerprint density at radius 2 is 1.72 bits per heavy atom. The van der Waals surface area contributed by atoms with E-state index in [0.717, 1.165) is 33.7 Å². The Morgan fingerprint density at radius 3 is 2.48 bits per heavy atom. The number of ether oxygens (including phenoxy) is 1. The predicted molar refractivity (Wildman–Crippen MR) is 96.7 cm³/mol. The molecule has 0 aliphatic heterocycles. The average Bonchev–Trinajstić information content (AvgIpc) is 3.05. The number of nitrogens with two attached hydrogens (primary N) is 1. The lowest BCUT2D eigenvalue weighted by molar-refractivity contribution is 0.306. The number of fused-ring (bicyclic) bond motifs is 1. The Bertz CT molecular complexity index is 1010. The van der Waals surface area contributed by atoms with Crippen LogP contribution in [0.4, 0.5) is 10.1 Å². The van der Waals surface area contributed by atoms with Gasteiger partial charge >= 0.3 is 0 Å². The SMILES string of the molecule is Nc1ccc2nc(-c3ccc(OCc4ccc(F)cc4)cc3)[nH]c2c1. The van der Waals surface area contributed by atoms with Crippen LogP contribution >= 0.6 is 0 Å². The van der Waals surface area contributed by atoms with Crippen molar-refractivity contribution in [1.29, 1.82) is 0 Å². The number of aromatic nitrogens is 2. The Hall–Kier alpha value is -3.34. The van der Waals surface area contributed by atoms with Crippen molar-refractivity contribution < 1.29 is 9.13 Å². The van der Waals surface area contributed by atoms with E-state index >= 15 is 0 Å². The molecule has 0 amide bonds. The summed E-state index contributed by atoms with van der Waals surface area (Å²) >= 11 is 0. The number of nitrogens with one attached hydrogen (secondary N) is 1. The van der Waals surface area contributed by atoms with Crippen molar-refractivity contribution in [1.82, 2.24) is 9.97 Å². The molecule has 0 saturated heterocycles. The second-order valence-corrected chi connectivity index (χ2v) is 5.80. The normalized spacial score (nSPS) is 10.9. The zero-order valence-corrected chi connectivity index (χ0v) is 13.4. The van der Waals surface area contributed by atoms with Gasteiger partial charge in [-0.2, -0.15) is 0 Å². The highest BCUT2D eigenvalue weighted by Gasteiger charge is 2.06. The lowest BCUT2D eigenvalue weighted by Crippen LogP contribution is -1.95. The van der Waals surface area contributed by atoms with E-state index in [1.54, 1.807) is 12.1 Å². The van der Waals surface area contributed by atoms with Crippen LogP contribution in [0.25, 0.3) is 22.4 Å². The summed E-state index contributed by atoms with van der Waals surface area (Å²) in [6.07, 6.45) is 0. The second kappa shape index (κ2) is 6.28. The van der Waals surface area contributed by atoms with Gasteiger partial charge in [0.1, 0.15) is 24.0 Å². The molecule has 0 spiro atoms. The van der Waals surface area contributed by atoms with Crippen molar-refractivity contribution in [3.63, 3.8) is 0 Å². The number of halogens is 1. The number of imidazole rings is 1. The number of hydrogen-bond acceptors (Lipinski definition) is 3. The summed E-state index contributed by atoms with van der Waals surface area (Å²) in [6.45, 7) is 0.392.